The van der Waals surface area contributed by atoms with Crippen LogP contribution in [0.25, 0.3) is 11.0 Å². The van der Waals surface area contributed by atoms with Gasteiger partial charge in [-0.3, -0.25) is 0 Å². The summed E-state index contributed by atoms with van der Waals surface area (Å²) in [6.45, 7) is 0.340. The Morgan fingerprint density at radius 1 is 1.17 bits per heavy atom. The molecule has 0 aliphatic heterocycles. The number of anilines is 1. The minimum absolute atomic E-state index is 0.124. The molecular formula is C21H21F3N2O4. The van der Waals surface area contributed by atoms with Gasteiger partial charge >= 0.3 is 12.2 Å². The van der Waals surface area contributed by atoms with Crippen LogP contribution in [0.3, 0.4) is 0 Å². The van der Waals surface area contributed by atoms with Crippen LogP contribution >= 0.6 is 0 Å². The third kappa shape index (κ3) is 4.97. The summed E-state index contributed by atoms with van der Waals surface area (Å²) in [4.78, 5) is 14.1. The van der Waals surface area contributed by atoms with Gasteiger partial charge in [-0.15, -0.1) is 0 Å². The summed E-state index contributed by atoms with van der Waals surface area (Å²) in [5, 5.41) is 3.57. The molecule has 0 radical (unpaired) electrons. The first kappa shape index (κ1) is 21.4. The van der Waals surface area contributed by atoms with Crippen molar-refractivity contribution >= 4 is 22.7 Å². The fraction of sp³-hybridized carbons (Fsp3) is 0.286. The SMILES string of the molecule is COc1ccc(NC(=O)N(C)C(C)c2cc3ccccc3o2)cc1OCC(F)(F)F. The third-order valence-electron chi connectivity index (χ3n) is 4.56. The number of hydrogen-bond acceptors (Lipinski definition) is 4. The van der Waals surface area contributed by atoms with E-state index < -0.39 is 18.8 Å². The van der Waals surface area contributed by atoms with Crippen LogP contribution in [0.2, 0.25) is 0 Å². The molecule has 1 atom stereocenters. The smallest absolute Gasteiger partial charge is 0.422 e. The van der Waals surface area contributed by atoms with Crippen LogP contribution in [-0.2, 0) is 0 Å². The second-order valence-electron chi connectivity index (χ2n) is 6.67. The second kappa shape index (κ2) is 8.56. The van der Waals surface area contributed by atoms with Crippen LogP contribution < -0.4 is 14.8 Å². The number of hydrogen-bond donors (Lipinski definition) is 1. The standard InChI is InChI=1S/C21H21F3N2O4/c1-13(18-10-14-6-4-5-7-16(14)30-18)26(2)20(27)25-15-8-9-17(28-3)19(11-15)29-12-21(22,23)24/h4-11,13H,12H2,1-3H3,(H,25,27). The lowest BCUT2D eigenvalue weighted by Crippen LogP contribution is -2.33. The Hall–Kier alpha value is -3.36. The number of amides is 2. The molecule has 0 saturated heterocycles. The Morgan fingerprint density at radius 2 is 1.90 bits per heavy atom. The number of fused-ring (bicyclic) bond motifs is 1. The van der Waals surface area contributed by atoms with E-state index in [1.54, 1.807) is 7.05 Å². The van der Waals surface area contributed by atoms with Gasteiger partial charge in [-0.2, -0.15) is 13.2 Å². The highest BCUT2D eigenvalue weighted by atomic mass is 19.4. The molecule has 1 aromatic heterocycles. The predicted molar refractivity (Wildman–Crippen MR) is 106 cm³/mol. The Labute approximate surface area is 171 Å². The highest BCUT2D eigenvalue weighted by molar-refractivity contribution is 5.90. The minimum Gasteiger partial charge on any atom is -0.493 e. The molecule has 6 nitrogen and oxygen atoms in total. The van der Waals surface area contributed by atoms with E-state index in [4.69, 9.17) is 13.9 Å². The van der Waals surface area contributed by atoms with Gasteiger partial charge in [0.05, 0.1) is 13.2 Å². The van der Waals surface area contributed by atoms with Crippen molar-refractivity contribution in [2.75, 3.05) is 26.1 Å². The summed E-state index contributed by atoms with van der Waals surface area (Å²) >= 11 is 0. The van der Waals surface area contributed by atoms with Gasteiger partial charge in [0.25, 0.3) is 0 Å². The molecule has 0 saturated carbocycles. The molecule has 9 heteroatoms. The maximum absolute atomic E-state index is 12.6. The van der Waals surface area contributed by atoms with Crippen LogP contribution in [0.4, 0.5) is 23.7 Å². The first-order valence-electron chi connectivity index (χ1n) is 9.08. The van der Waals surface area contributed by atoms with Gasteiger partial charge in [-0.1, -0.05) is 18.2 Å². The molecule has 0 bridgehead atoms. The molecule has 2 amide bonds. The fourth-order valence-electron chi connectivity index (χ4n) is 2.81. The van der Waals surface area contributed by atoms with E-state index in [0.29, 0.717) is 5.76 Å². The van der Waals surface area contributed by atoms with Crippen LogP contribution in [0.15, 0.2) is 52.9 Å². The number of nitrogens with one attached hydrogen (secondary N) is 1. The number of para-hydroxylation sites is 1. The lowest BCUT2D eigenvalue weighted by molar-refractivity contribution is -0.153. The van der Waals surface area contributed by atoms with Crippen molar-refractivity contribution < 1.29 is 31.9 Å². The molecule has 1 heterocycles. The largest absolute Gasteiger partial charge is 0.493 e. The van der Waals surface area contributed by atoms with E-state index >= 15 is 0 Å². The number of ether oxygens (including phenoxy) is 2. The number of carbonyl (C=O) groups excluding carboxylic acids is 1. The van der Waals surface area contributed by atoms with Gasteiger partial charge in [0.1, 0.15) is 11.3 Å². The van der Waals surface area contributed by atoms with Gasteiger partial charge in [0.15, 0.2) is 18.1 Å². The van der Waals surface area contributed by atoms with E-state index in [-0.39, 0.29) is 23.2 Å². The van der Waals surface area contributed by atoms with Crippen LogP contribution in [-0.4, -0.2) is 37.9 Å². The zero-order chi connectivity index (χ0) is 21.9. The number of alkyl halides is 3. The number of nitrogens with zero attached hydrogens (tertiary/aromatic N) is 1. The summed E-state index contributed by atoms with van der Waals surface area (Å²) in [5.74, 6) is 0.611. The number of halogens is 3. The highest BCUT2D eigenvalue weighted by Gasteiger charge is 2.29. The molecule has 0 fully saturated rings. The average molecular weight is 422 g/mol. The monoisotopic (exact) mass is 422 g/mol. The van der Waals surface area contributed by atoms with Crippen LogP contribution in [0, 0.1) is 0 Å². The van der Waals surface area contributed by atoms with Gasteiger partial charge in [-0.05, 0) is 31.2 Å². The first-order valence-corrected chi connectivity index (χ1v) is 9.08. The number of urea groups is 1. The molecule has 1 N–H and O–H groups in total. The van der Waals surface area contributed by atoms with Gasteiger partial charge in [-0.25, -0.2) is 4.79 Å². The molecule has 0 spiro atoms. The van der Waals surface area contributed by atoms with E-state index in [1.165, 1.54) is 30.2 Å². The summed E-state index contributed by atoms with van der Waals surface area (Å²) in [5.41, 5.74) is 0.983. The number of furan rings is 1. The van der Waals surface area contributed by atoms with E-state index in [1.807, 2.05) is 37.3 Å². The molecule has 30 heavy (non-hydrogen) atoms. The van der Waals surface area contributed by atoms with Crippen molar-refractivity contribution in [3.63, 3.8) is 0 Å². The summed E-state index contributed by atoms with van der Waals surface area (Å²) in [6, 6.07) is 12.7. The Balaban J connectivity index is 1.72. The van der Waals surface area contributed by atoms with E-state index in [9.17, 15) is 18.0 Å². The summed E-state index contributed by atoms with van der Waals surface area (Å²) in [7, 11) is 2.91. The van der Waals surface area contributed by atoms with E-state index in [2.05, 4.69) is 5.32 Å². The molecule has 1 unspecified atom stereocenters. The molecule has 3 aromatic rings. The second-order valence-corrected chi connectivity index (χ2v) is 6.67. The van der Waals surface area contributed by atoms with Gasteiger partial charge in [0.2, 0.25) is 0 Å². The third-order valence-corrected chi connectivity index (χ3v) is 4.56. The summed E-state index contributed by atoms with van der Waals surface area (Å²) < 4.78 is 53.0. The lowest BCUT2D eigenvalue weighted by Gasteiger charge is -2.24. The number of carbonyl (C=O) groups is 1. The highest BCUT2D eigenvalue weighted by Crippen LogP contribution is 2.32. The maximum atomic E-state index is 12.6. The quantitative estimate of drug-likeness (QED) is 0.561. The minimum atomic E-state index is -4.49. The summed E-state index contributed by atoms with van der Waals surface area (Å²) in [6.07, 6.45) is -4.49. The van der Waals surface area contributed by atoms with Crippen LogP contribution in [0.1, 0.15) is 18.7 Å². The normalized spacial score (nSPS) is 12.5. The lowest BCUT2D eigenvalue weighted by atomic mass is 10.2. The first-order chi connectivity index (χ1) is 14.2. The van der Waals surface area contributed by atoms with E-state index in [0.717, 1.165) is 11.0 Å². The van der Waals surface area contributed by atoms with Crippen molar-refractivity contribution in [1.82, 2.24) is 4.90 Å². The van der Waals surface area contributed by atoms with Crippen molar-refractivity contribution in [1.29, 1.82) is 0 Å². The molecular weight excluding hydrogens is 401 g/mol. The fourth-order valence-corrected chi connectivity index (χ4v) is 2.81. The molecule has 0 aliphatic rings. The molecule has 160 valence electrons. The van der Waals surface area contributed by atoms with Crippen molar-refractivity contribution in [2.24, 2.45) is 0 Å². The van der Waals surface area contributed by atoms with Crippen molar-refractivity contribution in [3.8, 4) is 11.5 Å². The Kier molecular flexibility index (Phi) is 6.09. The molecule has 0 aliphatic carbocycles. The molecule has 3 rings (SSSR count). The Bertz CT molecular complexity index is 1000. The van der Waals surface area contributed by atoms with Crippen molar-refractivity contribution in [3.05, 3.63) is 54.3 Å². The van der Waals surface area contributed by atoms with Crippen molar-refractivity contribution in [2.45, 2.75) is 19.1 Å². The predicted octanol–water partition coefficient (Wildman–Crippen LogP) is 5.61. The number of methoxy groups -OCH3 is 1. The van der Waals surface area contributed by atoms with Gasteiger partial charge in [0, 0.05) is 24.2 Å². The zero-order valence-electron chi connectivity index (χ0n) is 16.6. The number of benzene rings is 2. The number of rotatable bonds is 6. The topological polar surface area (TPSA) is 63.9 Å². The van der Waals surface area contributed by atoms with Crippen LogP contribution in [0.5, 0.6) is 11.5 Å². The average Bonchev–Trinajstić information content (AvgIpc) is 3.15. The molecule has 2 aromatic carbocycles. The maximum Gasteiger partial charge on any atom is 0.422 e. The zero-order valence-corrected chi connectivity index (χ0v) is 16.6. The van der Waals surface area contributed by atoms with Gasteiger partial charge < -0.3 is 24.1 Å². The Morgan fingerprint density at radius 3 is 2.57 bits per heavy atom.